The third-order valence-electron chi connectivity index (χ3n) is 3.31. The highest BCUT2D eigenvalue weighted by Crippen LogP contribution is 2.25. The topological polar surface area (TPSA) is 153 Å². The Morgan fingerprint density at radius 1 is 1.19 bits per heavy atom. The second kappa shape index (κ2) is 9.50. The van der Waals surface area contributed by atoms with Crippen molar-refractivity contribution in [3.05, 3.63) is 35.2 Å². The number of rotatable bonds is 8. The summed E-state index contributed by atoms with van der Waals surface area (Å²) in [7, 11) is 0. The number of benzene rings is 1. The maximum atomic E-state index is 11.1. The number of thiazole rings is 1. The summed E-state index contributed by atoms with van der Waals surface area (Å²) in [4.78, 5) is 36.8. The molecule has 0 saturated carbocycles. The van der Waals surface area contributed by atoms with Gasteiger partial charge in [-0.25, -0.2) is 14.6 Å². The van der Waals surface area contributed by atoms with Crippen LogP contribution in [-0.2, 0) is 11.2 Å². The van der Waals surface area contributed by atoms with Gasteiger partial charge in [-0.1, -0.05) is 18.2 Å². The van der Waals surface area contributed by atoms with E-state index in [4.69, 9.17) is 10.2 Å². The van der Waals surface area contributed by atoms with Crippen LogP contribution in [0.5, 0.6) is 0 Å². The van der Waals surface area contributed by atoms with E-state index in [-0.39, 0.29) is 5.91 Å². The van der Waals surface area contributed by atoms with Crippen molar-refractivity contribution in [2.24, 2.45) is 0 Å². The van der Waals surface area contributed by atoms with Crippen LogP contribution in [-0.4, -0.2) is 46.1 Å². The first-order chi connectivity index (χ1) is 12.8. The highest BCUT2D eigenvalue weighted by Gasteiger charge is 2.12. The van der Waals surface area contributed by atoms with Crippen LogP contribution in [0, 0.1) is 0 Å². The lowest BCUT2D eigenvalue weighted by Crippen LogP contribution is -2.56. The summed E-state index contributed by atoms with van der Waals surface area (Å²) >= 11 is 1.33. The largest absolute Gasteiger partial charge is 0.465 e. The smallest absolute Gasteiger partial charge is 0.407 e. The van der Waals surface area contributed by atoms with E-state index in [1.54, 1.807) is 0 Å². The summed E-state index contributed by atoms with van der Waals surface area (Å²) < 4.78 is 0. The van der Waals surface area contributed by atoms with Crippen molar-refractivity contribution in [3.8, 4) is 11.3 Å². The van der Waals surface area contributed by atoms with Gasteiger partial charge in [-0.15, -0.1) is 11.3 Å². The van der Waals surface area contributed by atoms with Crippen molar-refractivity contribution in [1.82, 2.24) is 20.9 Å². The van der Waals surface area contributed by atoms with Gasteiger partial charge in [0.2, 0.25) is 5.91 Å². The molecule has 0 unspecified atom stereocenters. The molecule has 144 valence electrons. The lowest BCUT2D eigenvalue weighted by atomic mass is 10.1. The average Bonchev–Trinajstić information content (AvgIpc) is 3.01. The van der Waals surface area contributed by atoms with E-state index >= 15 is 0 Å². The molecule has 0 aliphatic rings. The number of hydrogen-bond acceptors (Lipinski definition) is 6. The van der Waals surface area contributed by atoms with Gasteiger partial charge in [0.1, 0.15) is 0 Å². The maximum Gasteiger partial charge on any atom is 0.407 e. The van der Waals surface area contributed by atoms with E-state index in [2.05, 4.69) is 15.6 Å². The first kappa shape index (κ1) is 20.1. The summed E-state index contributed by atoms with van der Waals surface area (Å²) in [5, 5.41) is 29.2. The van der Waals surface area contributed by atoms with Crippen LogP contribution >= 0.6 is 11.3 Å². The molecule has 27 heavy (non-hydrogen) atoms. The summed E-state index contributed by atoms with van der Waals surface area (Å²) in [6.07, 6.45) is -3.26. The molecular formula is C16H19N5O5S. The molecule has 1 aromatic carbocycles. The molecule has 10 nitrogen and oxygen atoms in total. The van der Waals surface area contributed by atoms with Crippen LogP contribution in [0.4, 0.5) is 14.7 Å². The molecule has 0 fully saturated rings. The van der Waals surface area contributed by atoms with Gasteiger partial charge < -0.3 is 15.5 Å². The molecule has 3 amide bonds. The van der Waals surface area contributed by atoms with Crippen LogP contribution in [0.15, 0.2) is 29.6 Å². The van der Waals surface area contributed by atoms with E-state index < -0.39 is 18.5 Å². The molecule has 0 saturated heterocycles. The van der Waals surface area contributed by atoms with Gasteiger partial charge in [-0.3, -0.25) is 20.7 Å². The van der Waals surface area contributed by atoms with Crippen LogP contribution in [0.25, 0.3) is 11.3 Å². The van der Waals surface area contributed by atoms with Crippen molar-refractivity contribution >= 4 is 34.6 Å². The fourth-order valence-corrected chi connectivity index (χ4v) is 3.01. The highest BCUT2D eigenvalue weighted by atomic mass is 32.1. The standard InChI is InChI=1S/C16H19N5O5S/c1-9(22)18-14-19-12(8-27-14)11-4-2-3-10(7-11)5-6-17-13(20-15(23)24)21-16(25)26/h2-4,7-8,13,17,20-21H,5-6H2,1H3,(H,23,24)(H,25,26)(H,18,19,22). The first-order valence-electron chi connectivity index (χ1n) is 7.88. The number of carboxylic acid groups (broad SMARTS) is 2. The molecule has 0 bridgehead atoms. The van der Waals surface area contributed by atoms with Crippen LogP contribution in [0.2, 0.25) is 0 Å². The number of anilines is 1. The molecular weight excluding hydrogens is 374 g/mol. The third-order valence-corrected chi connectivity index (χ3v) is 4.07. The van der Waals surface area contributed by atoms with Gasteiger partial charge in [0.25, 0.3) is 0 Å². The number of nitrogens with one attached hydrogen (secondary N) is 4. The number of carbonyl (C=O) groups excluding carboxylic acids is 1. The zero-order chi connectivity index (χ0) is 19.8. The van der Waals surface area contributed by atoms with Crippen LogP contribution in [0.1, 0.15) is 12.5 Å². The first-order valence-corrected chi connectivity index (χ1v) is 8.76. The normalized spacial score (nSPS) is 10.4. The van der Waals surface area contributed by atoms with Crippen molar-refractivity contribution in [1.29, 1.82) is 0 Å². The summed E-state index contributed by atoms with van der Waals surface area (Å²) in [6.45, 7) is 1.75. The van der Waals surface area contributed by atoms with E-state index in [0.717, 1.165) is 16.8 Å². The van der Waals surface area contributed by atoms with E-state index in [1.165, 1.54) is 18.3 Å². The Balaban J connectivity index is 1.96. The molecule has 2 aromatic rings. The van der Waals surface area contributed by atoms with Crippen molar-refractivity contribution in [3.63, 3.8) is 0 Å². The number of aromatic nitrogens is 1. The lowest BCUT2D eigenvalue weighted by molar-refractivity contribution is -0.114. The Kier molecular flexibility index (Phi) is 7.08. The number of amides is 3. The van der Waals surface area contributed by atoms with Gasteiger partial charge in [0.05, 0.1) is 5.69 Å². The van der Waals surface area contributed by atoms with Crippen molar-refractivity contribution < 1.29 is 24.6 Å². The minimum atomic E-state index is -1.35. The van der Waals surface area contributed by atoms with Crippen LogP contribution in [0.3, 0.4) is 0 Å². The zero-order valence-corrected chi connectivity index (χ0v) is 15.2. The number of hydrogen-bond donors (Lipinski definition) is 6. The average molecular weight is 393 g/mol. The van der Waals surface area contributed by atoms with Crippen molar-refractivity contribution in [2.45, 2.75) is 19.6 Å². The molecule has 0 radical (unpaired) electrons. The SMILES string of the molecule is CC(=O)Nc1nc(-c2cccc(CCNC(NC(=O)O)NC(=O)O)c2)cs1. The second-order valence-corrected chi connectivity index (χ2v) is 6.31. The Hall–Kier alpha value is -3.18. The molecule has 0 aliphatic carbocycles. The van der Waals surface area contributed by atoms with E-state index in [9.17, 15) is 14.4 Å². The van der Waals surface area contributed by atoms with Gasteiger partial charge >= 0.3 is 12.2 Å². The molecule has 11 heteroatoms. The number of carbonyl (C=O) groups is 3. The molecule has 6 N–H and O–H groups in total. The maximum absolute atomic E-state index is 11.1. The fraction of sp³-hybridized carbons (Fsp3) is 0.250. The number of nitrogens with zero attached hydrogens (tertiary/aromatic N) is 1. The van der Waals surface area contributed by atoms with E-state index in [1.807, 2.05) is 40.3 Å². The third kappa shape index (κ3) is 6.92. The molecule has 2 rings (SSSR count). The highest BCUT2D eigenvalue weighted by molar-refractivity contribution is 7.14. The summed E-state index contributed by atoms with van der Waals surface area (Å²) in [5.74, 6) is -0.185. The Morgan fingerprint density at radius 2 is 1.89 bits per heavy atom. The fourth-order valence-electron chi connectivity index (χ4n) is 2.25. The molecule has 0 aliphatic heterocycles. The molecule has 1 aromatic heterocycles. The minimum absolute atomic E-state index is 0.185. The molecule has 1 heterocycles. The van der Waals surface area contributed by atoms with Gasteiger partial charge in [0, 0.05) is 24.4 Å². The van der Waals surface area contributed by atoms with Gasteiger partial charge in [0.15, 0.2) is 11.4 Å². The Labute approximate surface area is 158 Å². The quantitative estimate of drug-likeness (QED) is 0.373. The predicted molar refractivity (Wildman–Crippen MR) is 99.7 cm³/mol. The minimum Gasteiger partial charge on any atom is -0.465 e. The summed E-state index contributed by atoms with van der Waals surface area (Å²) in [5.41, 5.74) is 2.57. The van der Waals surface area contributed by atoms with E-state index in [0.29, 0.717) is 18.1 Å². The lowest BCUT2D eigenvalue weighted by Gasteiger charge is -2.18. The monoisotopic (exact) mass is 393 g/mol. The van der Waals surface area contributed by atoms with Gasteiger partial charge in [-0.2, -0.15) is 0 Å². The Bertz CT molecular complexity index is 809. The van der Waals surface area contributed by atoms with Crippen molar-refractivity contribution in [2.75, 3.05) is 11.9 Å². The summed E-state index contributed by atoms with van der Waals surface area (Å²) in [6, 6.07) is 7.59. The zero-order valence-electron chi connectivity index (χ0n) is 14.4. The molecule has 0 atom stereocenters. The Morgan fingerprint density at radius 3 is 2.52 bits per heavy atom. The van der Waals surface area contributed by atoms with Crippen LogP contribution < -0.4 is 21.3 Å². The predicted octanol–water partition coefficient (Wildman–Crippen LogP) is 1.72. The van der Waals surface area contributed by atoms with Gasteiger partial charge in [-0.05, 0) is 18.1 Å². The molecule has 0 spiro atoms. The second-order valence-electron chi connectivity index (χ2n) is 5.46.